The molecule has 0 bridgehead atoms. The van der Waals surface area contributed by atoms with Gasteiger partial charge in [-0.05, 0) is 63.7 Å². The Morgan fingerprint density at radius 2 is 1.06 bits per heavy atom. The Labute approximate surface area is 169 Å². The molecule has 0 saturated heterocycles. The predicted molar refractivity (Wildman–Crippen MR) is 70.2 cm³/mol. The molecule has 3 nitrogen and oxygen atoms in total. The van der Waals surface area contributed by atoms with E-state index in [1.807, 2.05) is 0 Å². The van der Waals surface area contributed by atoms with Crippen molar-refractivity contribution in [3.63, 3.8) is 0 Å². The molecule has 1 aliphatic rings. The number of hydrogen-bond donors (Lipinski definition) is 1. The van der Waals surface area contributed by atoms with E-state index in [0.717, 1.165) is 0 Å². The van der Waals surface area contributed by atoms with Gasteiger partial charge in [-0.2, -0.15) is 0 Å². The summed E-state index contributed by atoms with van der Waals surface area (Å²) in [5, 5.41) is 2.24. The van der Waals surface area contributed by atoms with Crippen LogP contribution in [0.15, 0.2) is 17.9 Å². The van der Waals surface area contributed by atoms with E-state index < -0.39 is 11.8 Å². The summed E-state index contributed by atoms with van der Waals surface area (Å²) in [4.78, 5) is 23.0. The number of nitrogens with one attached hydrogen (secondary N) is 1. The minimum atomic E-state index is -0.393. The van der Waals surface area contributed by atoms with E-state index in [4.69, 9.17) is 0 Å². The van der Waals surface area contributed by atoms with Crippen LogP contribution < -0.4 is 56.7 Å². The van der Waals surface area contributed by atoms with Gasteiger partial charge in [0, 0.05) is 17.9 Å². The van der Waals surface area contributed by atoms with Crippen molar-refractivity contribution in [3.05, 3.63) is 29.0 Å². The van der Waals surface area contributed by atoms with E-state index in [1.54, 1.807) is 0 Å². The van der Waals surface area contributed by atoms with Crippen molar-refractivity contribution in [3.8, 4) is 0 Å². The van der Waals surface area contributed by atoms with Crippen LogP contribution in [0.1, 0.15) is 22.1 Å². The fourth-order valence-corrected chi connectivity index (χ4v) is 3.76. The molecule has 0 atom stereocenters. The molecule has 1 N–H and O–H groups in total. The SMILES string of the molecule is O=C1NC(=O)c2c(Br)c(Br)c(Br)c(Br)c21.[H-].[K+]. The van der Waals surface area contributed by atoms with Crippen LogP contribution in [0.5, 0.6) is 0 Å². The number of fused-ring (bicyclic) bond motifs is 1. The first-order chi connectivity index (χ1) is 6.95. The molecule has 2 rings (SSSR count). The van der Waals surface area contributed by atoms with Gasteiger partial charge in [0.15, 0.2) is 0 Å². The van der Waals surface area contributed by atoms with Crippen LogP contribution in [-0.2, 0) is 0 Å². The van der Waals surface area contributed by atoms with Gasteiger partial charge in [-0.25, -0.2) is 0 Å². The summed E-state index contributed by atoms with van der Waals surface area (Å²) in [6, 6.07) is 0. The maximum Gasteiger partial charge on any atom is 1.00 e. The average Bonchev–Trinajstić information content (AvgIpc) is 2.47. The number of imide groups is 1. The topological polar surface area (TPSA) is 46.2 Å². The number of amides is 2. The molecule has 0 aromatic heterocycles. The van der Waals surface area contributed by atoms with Gasteiger partial charge in [0.25, 0.3) is 11.8 Å². The van der Waals surface area contributed by atoms with E-state index in [1.165, 1.54) is 0 Å². The molecule has 0 aliphatic carbocycles. The minimum Gasteiger partial charge on any atom is -1.00 e. The predicted octanol–water partition coefficient (Wildman–Crippen LogP) is 0.737. The normalized spacial score (nSPS) is 13.2. The van der Waals surface area contributed by atoms with E-state index in [9.17, 15) is 9.59 Å². The second kappa shape index (κ2) is 5.92. The summed E-state index contributed by atoms with van der Waals surface area (Å²) in [6.45, 7) is 0. The Morgan fingerprint density at radius 1 is 0.750 bits per heavy atom. The van der Waals surface area contributed by atoms with Gasteiger partial charge >= 0.3 is 51.4 Å². The summed E-state index contributed by atoms with van der Waals surface area (Å²) >= 11 is 13.2. The van der Waals surface area contributed by atoms with Crippen molar-refractivity contribution in [1.82, 2.24) is 5.32 Å². The first-order valence-electron chi connectivity index (χ1n) is 3.66. The Bertz CT molecular complexity index is 478. The standard InChI is InChI=1S/C8HBr4NO2.K.H/c9-3-1-2(8(15)13-7(1)14)4(10)6(12)5(3)11;;/h(H,13,14,15);;/q;+1;-1. The molecule has 1 aromatic carbocycles. The van der Waals surface area contributed by atoms with Crippen molar-refractivity contribution in [1.29, 1.82) is 0 Å². The minimum absolute atomic E-state index is 0. The van der Waals surface area contributed by atoms with E-state index in [2.05, 4.69) is 69.0 Å². The van der Waals surface area contributed by atoms with Crippen LogP contribution in [0.3, 0.4) is 0 Å². The number of carbonyl (C=O) groups is 2. The molecule has 1 aromatic rings. The van der Waals surface area contributed by atoms with Gasteiger partial charge < -0.3 is 1.43 Å². The van der Waals surface area contributed by atoms with Crippen LogP contribution in [0.2, 0.25) is 0 Å². The Balaban J connectivity index is 0.00000128. The van der Waals surface area contributed by atoms with Crippen molar-refractivity contribution in [2.75, 3.05) is 0 Å². The molecule has 0 unspecified atom stereocenters. The number of halogens is 4. The van der Waals surface area contributed by atoms with Crippen molar-refractivity contribution in [2.45, 2.75) is 0 Å². The smallest absolute Gasteiger partial charge is 1.00 e. The third-order valence-electron chi connectivity index (χ3n) is 1.95. The monoisotopic (exact) mass is 499 g/mol. The third-order valence-corrected chi connectivity index (χ3v) is 6.72. The third kappa shape index (κ3) is 2.46. The van der Waals surface area contributed by atoms with Gasteiger partial charge in [-0.3, -0.25) is 14.9 Å². The summed E-state index contributed by atoms with van der Waals surface area (Å²) in [5.74, 6) is -0.786. The first kappa shape index (κ1) is 16.0. The first-order valence-corrected chi connectivity index (χ1v) is 6.84. The van der Waals surface area contributed by atoms with Gasteiger partial charge in [-0.15, -0.1) is 0 Å². The molecule has 80 valence electrons. The van der Waals surface area contributed by atoms with Crippen LogP contribution in [-0.4, -0.2) is 11.8 Å². The Kier molecular flexibility index (Phi) is 5.90. The van der Waals surface area contributed by atoms with Crippen molar-refractivity contribution in [2.24, 2.45) is 0 Å². The number of carbonyl (C=O) groups excluding carboxylic acids is 2. The summed E-state index contributed by atoms with van der Waals surface area (Å²) in [6.07, 6.45) is 0. The molecule has 0 radical (unpaired) electrons. The summed E-state index contributed by atoms with van der Waals surface area (Å²) in [5.41, 5.74) is 0.698. The number of benzene rings is 1. The van der Waals surface area contributed by atoms with Crippen LogP contribution in [0.4, 0.5) is 0 Å². The summed E-state index contributed by atoms with van der Waals surface area (Å²) < 4.78 is 2.52. The Hall–Kier alpha value is 1.92. The fourth-order valence-electron chi connectivity index (χ4n) is 1.29. The molecular weight excluding hydrogens is 501 g/mol. The van der Waals surface area contributed by atoms with Gasteiger partial charge in [0.1, 0.15) is 0 Å². The molecule has 0 fully saturated rings. The van der Waals surface area contributed by atoms with Gasteiger partial charge in [0.05, 0.1) is 11.1 Å². The van der Waals surface area contributed by atoms with Crippen molar-refractivity contribution >= 4 is 75.5 Å². The second-order valence-corrected chi connectivity index (χ2v) is 5.96. The summed E-state index contributed by atoms with van der Waals surface area (Å²) in [7, 11) is 0. The van der Waals surface area contributed by atoms with Gasteiger partial charge in [0.2, 0.25) is 0 Å². The van der Waals surface area contributed by atoms with Crippen LogP contribution >= 0.6 is 63.7 Å². The Morgan fingerprint density at radius 3 is 1.38 bits per heavy atom. The number of rotatable bonds is 0. The van der Waals surface area contributed by atoms with Gasteiger partial charge in [-0.1, -0.05) is 0 Å². The molecule has 1 aliphatic heterocycles. The van der Waals surface area contributed by atoms with Crippen LogP contribution in [0.25, 0.3) is 0 Å². The van der Waals surface area contributed by atoms with Crippen molar-refractivity contribution < 1.29 is 62.4 Å². The quantitative estimate of drug-likeness (QED) is 0.246. The van der Waals surface area contributed by atoms with E-state index in [0.29, 0.717) is 29.0 Å². The zero-order chi connectivity index (χ0) is 11.3. The maximum absolute atomic E-state index is 11.5. The van der Waals surface area contributed by atoms with E-state index in [-0.39, 0.29) is 52.8 Å². The van der Waals surface area contributed by atoms with Crippen LogP contribution in [0, 0.1) is 0 Å². The number of hydrogen-bond acceptors (Lipinski definition) is 2. The molecular formula is C8H2Br4KNO2. The molecule has 16 heavy (non-hydrogen) atoms. The van der Waals surface area contributed by atoms with E-state index >= 15 is 0 Å². The molecule has 8 heteroatoms. The average molecular weight is 503 g/mol. The molecule has 0 saturated carbocycles. The maximum atomic E-state index is 11.5. The largest absolute Gasteiger partial charge is 1.00 e. The molecule has 2 amide bonds. The fraction of sp³-hybridized carbons (Fsp3) is 0. The zero-order valence-electron chi connectivity index (χ0n) is 8.83. The molecule has 1 heterocycles. The zero-order valence-corrected chi connectivity index (χ0v) is 17.3. The molecule has 0 spiro atoms. The second-order valence-electron chi connectivity index (χ2n) is 2.79.